The van der Waals surface area contributed by atoms with Gasteiger partial charge >= 0.3 is 0 Å². The van der Waals surface area contributed by atoms with Gasteiger partial charge in [0.1, 0.15) is 0 Å². The van der Waals surface area contributed by atoms with Crippen LogP contribution in [0.5, 0.6) is 0 Å². The predicted molar refractivity (Wildman–Crippen MR) is 91.5 cm³/mol. The normalized spacial score (nSPS) is 26.2. The minimum atomic E-state index is 0.662. The Morgan fingerprint density at radius 2 is 2.00 bits per heavy atom. The highest BCUT2D eigenvalue weighted by Crippen LogP contribution is 2.28. The average molecular weight is 288 g/mol. The van der Waals surface area contributed by atoms with Crippen LogP contribution in [0.25, 0.3) is 0 Å². The minimum absolute atomic E-state index is 0.662. The van der Waals surface area contributed by atoms with Crippen molar-refractivity contribution in [3.63, 3.8) is 0 Å². The van der Waals surface area contributed by atoms with Crippen molar-refractivity contribution in [3.05, 3.63) is 35.4 Å². The van der Waals surface area contributed by atoms with Crippen molar-refractivity contribution >= 4 is 0 Å². The molecule has 1 aliphatic carbocycles. The molecule has 2 nitrogen and oxygen atoms in total. The molecule has 21 heavy (non-hydrogen) atoms. The Morgan fingerprint density at radius 3 is 2.71 bits per heavy atom. The summed E-state index contributed by atoms with van der Waals surface area (Å²) in [6.07, 6.45) is 5.24. The van der Waals surface area contributed by atoms with Crippen molar-refractivity contribution in [2.45, 2.75) is 65.1 Å². The standard InChI is InChI=1S/C19H32N2/c1-5-12-20-18-11-10-15(2)13-19(18)21(4)14-17-9-7-6-8-16(17)3/h6-9,15,18-20H,5,10-14H2,1-4H3. The predicted octanol–water partition coefficient (Wildman–Crippen LogP) is 3.98. The Labute approximate surface area is 130 Å². The molecular formula is C19H32N2. The van der Waals surface area contributed by atoms with Crippen molar-refractivity contribution in [1.82, 2.24) is 10.2 Å². The summed E-state index contributed by atoms with van der Waals surface area (Å²) in [5, 5.41) is 3.78. The number of likely N-dealkylation sites (N-methyl/N-ethyl adjacent to an activating group) is 1. The number of nitrogens with one attached hydrogen (secondary N) is 1. The van der Waals surface area contributed by atoms with E-state index in [1.54, 1.807) is 0 Å². The molecule has 0 saturated heterocycles. The summed E-state index contributed by atoms with van der Waals surface area (Å²) in [5.74, 6) is 0.856. The molecule has 2 rings (SSSR count). The molecule has 3 atom stereocenters. The van der Waals surface area contributed by atoms with Gasteiger partial charge in [-0.25, -0.2) is 0 Å². The zero-order valence-electron chi connectivity index (χ0n) is 14.2. The van der Waals surface area contributed by atoms with Crippen LogP contribution in [0.4, 0.5) is 0 Å². The second-order valence-electron chi connectivity index (χ2n) is 6.89. The molecule has 1 aromatic carbocycles. The molecule has 1 saturated carbocycles. The summed E-state index contributed by atoms with van der Waals surface area (Å²) >= 11 is 0. The molecule has 0 bridgehead atoms. The van der Waals surface area contributed by atoms with Crippen molar-refractivity contribution in [2.75, 3.05) is 13.6 Å². The topological polar surface area (TPSA) is 15.3 Å². The maximum atomic E-state index is 3.78. The fraction of sp³-hybridized carbons (Fsp3) is 0.684. The molecule has 0 spiro atoms. The Kier molecular flexibility index (Phi) is 6.25. The molecule has 1 fully saturated rings. The summed E-state index contributed by atoms with van der Waals surface area (Å²) < 4.78 is 0. The lowest BCUT2D eigenvalue weighted by atomic mass is 9.82. The highest BCUT2D eigenvalue weighted by molar-refractivity contribution is 5.25. The molecule has 0 amide bonds. The summed E-state index contributed by atoms with van der Waals surface area (Å²) in [6, 6.07) is 10.1. The van der Waals surface area contributed by atoms with Gasteiger partial charge in [-0.3, -0.25) is 4.90 Å². The Morgan fingerprint density at radius 1 is 1.24 bits per heavy atom. The van der Waals surface area contributed by atoms with Crippen LogP contribution in [0.1, 0.15) is 50.7 Å². The first-order valence-corrected chi connectivity index (χ1v) is 8.60. The maximum absolute atomic E-state index is 3.78. The first-order valence-electron chi connectivity index (χ1n) is 8.60. The van der Waals surface area contributed by atoms with Crippen molar-refractivity contribution < 1.29 is 0 Å². The van der Waals surface area contributed by atoms with Gasteiger partial charge in [0.05, 0.1) is 0 Å². The van der Waals surface area contributed by atoms with E-state index in [9.17, 15) is 0 Å². The van der Waals surface area contributed by atoms with Gasteiger partial charge in [0.25, 0.3) is 0 Å². The molecule has 0 radical (unpaired) electrons. The number of nitrogens with zero attached hydrogens (tertiary/aromatic N) is 1. The van der Waals surface area contributed by atoms with E-state index in [4.69, 9.17) is 0 Å². The molecule has 0 aliphatic heterocycles. The van der Waals surface area contributed by atoms with E-state index in [0.717, 1.165) is 19.0 Å². The van der Waals surface area contributed by atoms with Crippen LogP contribution >= 0.6 is 0 Å². The first-order chi connectivity index (χ1) is 10.1. The van der Waals surface area contributed by atoms with Gasteiger partial charge in [-0.2, -0.15) is 0 Å². The zero-order chi connectivity index (χ0) is 15.2. The quantitative estimate of drug-likeness (QED) is 0.851. The third-order valence-electron chi connectivity index (χ3n) is 4.98. The summed E-state index contributed by atoms with van der Waals surface area (Å²) in [7, 11) is 2.30. The number of aryl methyl sites for hydroxylation is 1. The molecule has 3 unspecified atom stereocenters. The Balaban J connectivity index is 2.03. The molecule has 0 heterocycles. The van der Waals surface area contributed by atoms with Crippen LogP contribution in [-0.4, -0.2) is 30.6 Å². The highest BCUT2D eigenvalue weighted by Gasteiger charge is 2.30. The summed E-state index contributed by atoms with van der Waals surface area (Å²) in [4.78, 5) is 2.57. The molecule has 1 aliphatic rings. The average Bonchev–Trinajstić information content (AvgIpc) is 2.48. The van der Waals surface area contributed by atoms with E-state index in [0.29, 0.717) is 12.1 Å². The second-order valence-corrected chi connectivity index (χ2v) is 6.89. The SMILES string of the molecule is CCCNC1CCC(C)CC1N(C)Cc1ccccc1C. The summed E-state index contributed by atoms with van der Waals surface area (Å²) in [5.41, 5.74) is 2.87. The Hall–Kier alpha value is -0.860. The van der Waals surface area contributed by atoms with Crippen LogP contribution in [0, 0.1) is 12.8 Å². The molecule has 118 valence electrons. The minimum Gasteiger partial charge on any atom is -0.312 e. The molecular weight excluding hydrogens is 256 g/mol. The fourth-order valence-corrected chi connectivity index (χ4v) is 3.58. The number of rotatable bonds is 6. The lowest BCUT2D eigenvalue weighted by molar-refractivity contribution is 0.119. The summed E-state index contributed by atoms with van der Waals surface area (Å²) in [6.45, 7) is 9.09. The van der Waals surface area contributed by atoms with Crippen LogP contribution in [0.15, 0.2) is 24.3 Å². The van der Waals surface area contributed by atoms with E-state index in [1.807, 2.05) is 0 Å². The van der Waals surface area contributed by atoms with Gasteiger partial charge in [-0.15, -0.1) is 0 Å². The van der Waals surface area contributed by atoms with E-state index >= 15 is 0 Å². The monoisotopic (exact) mass is 288 g/mol. The molecule has 1 N–H and O–H groups in total. The lowest BCUT2D eigenvalue weighted by Crippen LogP contribution is -2.51. The molecule has 2 heteroatoms. The van der Waals surface area contributed by atoms with Crippen LogP contribution < -0.4 is 5.32 Å². The van der Waals surface area contributed by atoms with Gasteiger partial charge < -0.3 is 5.32 Å². The van der Waals surface area contributed by atoms with Crippen molar-refractivity contribution in [3.8, 4) is 0 Å². The first kappa shape index (κ1) is 16.5. The smallest absolute Gasteiger partial charge is 0.0252 e. The highest BCUT2D eigenvalue weighted by atomic mass is 15.2. The Bertz CT molecular complexity index is 427. The van der Waals surface area contributed by atoms with E-state index in [2.05, 4.69) is 62.3 Å². The van der Waals surface area contributed by atoms with Crippen molar-refractivity contribution in [2.24, 2.45) is 5.92 Å². The van der Waals surface area contributed by atoms with E-state index < -0.39 is 0 Å². The van der Waals surface area contributed by atoms with Crippen LogP contribution in [0.3, 0.4) is 0 Å². The number of hydrogen-bond donors (Lipinski definition) is 1. The molecule has 1 aromatic rings. The van der Waals surface area contributed by atoms with Gasteiger partial charge in [0.15, 0.2) is 0 Å². The van der Waals surface area contributed by atoms with Crippen molar-refractivity contribution in [1.29, 1.82) is 0 Å². The number of benzene rings is 1. The van der Waals surface area contributed by atoms with E-state index in [1.165, 1.54) is 36.8 Å². The lowest BCUT2D eigenvalue weighted by Gasteiger charge is -2.41. The van der Waals surface area contributed by atoms with Gasteiger partial charge in [0.2, 0.25) is 0 Å². The van der Waals surface area contributed by atoms with E-state index in [-0.39, 0.29) is 0 Å². The van der Waals surface area contributed by atoms with Gasteiger partial charge in [-0.1, -0.05) is 38.1 Å². The second kappa shape index (κ2) is 7.95. The largest absolute Gasteiger partial charge is 0.312 e. The number of hydrogen-bond acceptors (Lipinski definition) is 2. The maximum Gasteiger partial charge on any atom is 0.0252 e. The zero-order valence-corrected chi connectivity index (χ0v) is 14.2. The fourth-order valence-electron chi connectivity index (χ4n) is 3.58. The third kappa shape index (κ3) is 4.55. The van der Waals surface area contributed by atoms with Gasteiger partial charge in [0, 0.05) is 18.6 Å². The molecule has 0 aromatic heterocycles. The van der Waals surface area contributed by atoms with Gasteiger partial charge in [-0.05, 0) is 63.2 Å². The van der Waals surface area contributed by atoms with Crippen LogP contribution in [0.2, 0.25) is 0 Å². The third-order valence-corrected chi connectivity index (χ3v) is 4.98. The van der Waals surface area contributed by atoms with Crippen LogP contribution in [-0.2, 0) is 6.54 Å².